The van der Waals surface area contributed by atoms with Crippen LogP contribution < -0.4 is 9.64 Å². The van der Waals surface area contributed by atoms with Crippen LogP contribution in [-0.2, 0) is 0 Å². The fourth-order valence-electron chi connectivity index (χ4n) is 3.99. The third-order valence-corrected chi connectivity index (χ3v) is 5.79. The molecule has 156 valence electrons. The summed E-state index contributed by atoms with van der Waals surface area (Å²) in [5.41, 5.74) is 4.21. The van der Waals surface area contributed by atoms with Gasteiger partial charge in [-0.15, -0.1) is 0 Å². The Balaban J connectivity index is 1.52. The minimum Gasteiger partial charge on any atom is -0.495 e. The summed E-state index contributed by atoms with van der Waals surface area (Å²) in [7, 11) is 1.66. The number of halogens is 1. The van der Waals surface area contributed by atoms with Gasteiger partial charge in [-0.1, -0.05) is 29.8 Å². The molecule has 0 atom stereocenters. The van der Waals surface area contributed by atoms with Crippen LogP contribution in [0.25, 0.3) is 5.69 Å². The van der Waals surface area contributed by atoms with Crippen LogP contribution in [0.1, 0.15) is 21.7 Å². The molecule has 1 amide bonds. The minimum atomic E-state index is 0.0323. The molecule has 1 saturated heterocycles. The molecule has 1 fully saturated rings. The lowest BCUT2D eigenvalue weighted by Gasteiger charge is -2.36. The third kappa shape index (κ3) is 3.75. The fourth-order valence-corrected chi connectivity index (χ4v) is 4.16. The molecule has 0 spiro atoms. The zero-order valence-electron chi connectivity index (χ0n) is 17.4. The van der Waals surface area contributed by atoms with Crippen molar-refractivity contribution < 1.29 is 9.53 Å². The molecule has 6 nitrogen and oxygen atoms in total. The monoisotopic (exact) mass is 424 g/mol. The van der Waals surface area contributed by atoms with Crippen LogP contribution in [0.4, 0.5) is 5.69 Å². The molecule has 2 aromatic carbocycles. The van der Waals surface area contributed by atoms with E-state index in [1.54, 1.807) is 7.11 Å². The number of hydrogen-bond acceptors (Lipinski definition) is 4. The van der Waals surface area contributed by atoms with Gasteiger partial charge in [0.1, 0.15) is 5.75 Å². The maximum absolute atomic E-state index is 13.3. The zero-order chi connectivity index (χ0) is 21.3. The summed E-state index contributed by atoms with van der Waals surface area (Å²) in [5, 5.41) is 5.29. The topological polar surface area (TPSA) is 50.6 Å². The number of para-hydroxylation sites is 1. The number of aryl methyl sites for hydroxylation is 1. The SMILES string of the molecule is COc1ccc(Cl)cc1N1CCN(C(=O)c2c(C)nn(-c3ccccc3)c2C)CC1. The van der Waals surface area contributed by atoms with Gasteiger partial charge in [-0.2, -0.15) is 5.10 Å². The number of carbonyl (C=O) groups is 1. The van der Waals surface area contributed by atoms with Gasteiger partial charge in [0.25, 0.3) is 5.91 Å². The molecule has 30 heavy (non-hydrogen) atoms. The number of anilines is 1. The van der Waals surface area contributed by atoms with Gasteiger partial charge in [0.2, 0.25) is 0 Å². The Morgan fingerprint density at radius 3 is 2.40 bits per heavy atom. The van der Waals surface area contributed by atoms with Crippen LogP contribution in [-0.4, -0.2) is 53.9 Å². The van der Waals surface area contributed by atoms with Crippen LogP contribution in [0.2, 0.25) is 5.02 Å². The van der Waals surface area contributed by atoms with Gasteiger partial charge in [0.15, 0.2) is 0 Å². The maximum atomic E-state index is 13.3. The molecule has 1 aliphatic rings. The summed E-state index contributed by atoms with van der Waals surface area (Å²) in [6.07, 6.45) is 0. The Labute approximate surface area is 181 Å². The molecule has 0 N–H and O–H groups in total. The molecular weight excluding hydrogens is 400 g/mol. The molecule has 0 unspecified atom stereocenters. The number of ether oxygens (including phenoxy) is 1. The second-order valence-electron chi connectivity index (χ2n) is 7.39. The van der Waals surface area contributed by atoms with E-state index in [1.165, 1.54) is 0 Å². The Hall–Kier alpha value is -2.99. The lowest BCUT2D eigenvalue weighted by molar-refractivity contribution is 0.0745. The van der Waals surface area contributed by atoms with Gasteiger partial charge in [-0.25, -0.2) is 4.68 Å². The summed E-state index contributed by atoms with van der Waals surface area (Å²) < 4.78 is 7.32. The number of piperazine rings is 1. The Kier molecular flexibility index (Phi) is 5.68. The highest BCUT2D eigenvalue weighted by atomic mass is 35.5. The van der Waals surface area contributed by atoms with Gasteiger partial charge >= 0.3 is 0 Å². The summed E-state index contributed by atoms with van der Waals surface area (Å²) in [5.74, 6) is 0.819. The predicted octanol–water partition coefficient (Wildman–Crippen LogP) is 4.11. The number of nitrogens with zero attached hydrogens (tertiary/aromatic N) is 4. The molecule has 0 bridgehead atoms. The van der Waals surface area contributed by atoms with Gasteiger partial charge in [0, 0.05) is 31.2 Å². The van der Waals surface area contributed by atoms with Crippen molar-refractivity contribution in [2.24, 2.45) is 0 Å². The van der Waals surface area contributed by atoms with Crippen LogP contribution >= 0.6 is 11.6 Å². The van der Waals surface area contributed by atoms with Crippen LogP contribution in [0.15, 0.2) is 48.5 Å². The van der Waals surface area contributed by atoms with Crippen molar-refractivity contribution in [3.63, 3.8) is 0 Å². The van der Waals surface area contributed by atoms with Crippen molar-refractivity contribution in [2.75, 3.05) is 38.2 Å². The van der Waals surface area contributed by atoms with Crippen molar-refractivity contribution in [3.8, 4) is 11.4 Å². The van der Waals surface area contributed by atoms with Crippen molar-refractivity contribution in [3.05, 3.63) is 70.5 Å². The summed E-state index contributed by atoms with van der Waals surface area (Å²) in [4.78, 5) is 17.4. The number of amides is 1. The number of hydrogen-bond donors (Lipinski definition) is 0. The first-order valence-electron chi connectivity index (χ1n) is 9.99. The Morgan fingerprint density at radius 1 is 1.03 bits per heavy atom. The number of rotatable bonds is 4. The van der Waals surface area contributed by atoms with Crippen LogP contribution in [0, 0.1) is 13.8 Å². The number of carbonyl (C=O) groups excluding carboxylic acids is 1. The lowest BCUT2D eigenvalue weighted by Crippen LogP contribution is -2.49. The summed E-state index contributed by atoms with van der Waals surface area (Å²) in [6, 6.07) is 15.5. The van der Waals surface area contributed by atoms with Crippen LogP contribution in [0.5, 0.6) is 5.75 Å². The van der Waals surface area contributed by atoms with E-state index in [9.17, 15) is 4.79 Å². The van der Waals surface area contributed by atoms with Crippen molar-refractivity contribution in [1.82, 2.24) is 14.7 Å². The fraction of sp³-hybridized carbons (Fsp3) is 0.304. The molecule has 1 aliphatic heterocycles. The average Bonchev–Trinajstić information content (AvgIpc) is 3.08. The molecular formula is C23H25ClN4O2. The zero-order valence-corrected chi connectivity index (χ0v) is 18.2. The van der Waals surface area contributed by atoms with Crippen molar-refractivity contribution >= 4 is 23.2 Å². The second kappa shape index (κ2) is 8.40. The highest BCUT2D eigenvalue weighted by Crippen LogP contribution is 2.32. The number of methoxy groups -OCH3 is 1. The van der Waals surface area contributed by atoms with E-state index < -0.39 is 0 Å². The van der Waals surface area contributed by atoms with E-state index in [0.717, 1.165) is 28.5 Å². The molecule has 1 aromatic heterocycles. The summed E-state index contributed by atoms with van der Waals surface area (Å²) >= 11 is 6.18. The van der Waals surface area contributed by atoms with Crippen molar-refractivity contribution in [1.29, 1.82) is 0 Å². The molecule has 3 aromatic rings. The number of aromatic nitrogens is 2. The van der Waals surface area contributed by atoms with Gasteiger partial charge < -0.3 is 14.5 Å². The third-order valence-electron chi connectivity index (χ3n) is 5.55. The number of benzene rings is 2. The molecule has 0 aliphatic carbocycles. The predicted molar refractivity (Wildman–Crippen MR) is 119 cm³/mol. The van der Waals surface area contributed by atoms with E-state index in [2.05, 4.69) is 10.00 Å². The van der Waals surface area contributed by atoms with E-state index in [0.29, 0.717) is 36.8 Å². The first-order chi connectivity index (χ1) is 14.5. The van der Waals surface area contributed by atoms with Crippen LogP contribution in [0.3, 0.4) is 0 Å². The summed E-state index contributed by atoms with van der Waals surface area (Å²) in [6.45, 7) is 6.54. The maximum Gasteiger partial charge on any atom is 0.257 e. The van der Waals surface area contributed by atoms with Gasteiger partial charge in [0.05, 0.1) is 35.4 Å². The molecule has 0 saturated carbocycles. The first kappa shape index (κ1) is 20.3. The van der Waals surface area contributed by atoms with Gasteiger partial charge in [-0.3, -0.25) is 4.79 Å². The van der Waals surface area contributed by atoms with Crippen molar-refractivity contribution in [2.45, 2.75) is 13.8 Å². The molecule has 7 heteroatoms. The van der Waals surface area contributed by atoms with E-state index in [1.807, 2.05) is 72.0 Å². The molecule has 4 rings (SSSR count). The van der Waals surface area contributed by atoms with E-state index in [-0.39, 0.29) is 5.91 Å². The second-order valence-corrected chi connectivity index (χ2v) is 7.83. The van der Waals surface area contributed by atoms with E-state index >= 15 is 0 Å². The Morgan fingerprint density at radius 2 is 1.73 bits per heavy atom. The molecule has 2 heterocycles. The molecule has 0 radical (unpaired) electrons. The largest absolute Gasteiger partial charge is 0.495 e. The first-order valence-corrected chi connectivity index (χ1v) is 10.4. The Bertz CT molecular complexity index is 1060. The normalized spacial score (nSPS) is 14.1. The van der Waals surface area contributed by atoms with Gasteiger partial charge in [-0.05, 0) is 44.2 Å². The smallest absolute Gasteiger partial charge is 0.257 e. The highest BCUT2D eigenvalue weighted by molar-refractivity contribution is 6.30. The lowest BCUT2D eigenvalue weighted by atomic mass is 10.1. The quantitative estimate of drug-likeness (QED) is 0.632. The minimum absolute atomic E-state index is 0.0323. The van der Waals surface area contributed by atoms with E-state index in [4.69, 9.17) is 16.3 Å². The standard InChI is InChI=1S/C23H25ClN4O2/c1-16-22(17(2)28(25-16)19-7-5-4-6-8-19)23(29)27-13-11-26(12-14-27)20-15-18(24)9-10-21(20)30-3/h4-10,15H,11-14H2,1-3H3. The highest BCUT2D eigenvalue weighted by Gasteiger charge is 2.28. The average molecular weight is 425 g/mol.